The van der Waals surface area contributed by atoms with Crippen LogP contribution in [-0.2, 0) is 15.3 Å². The summed E-state index contributed by atoms with van der Waals surface area (Å²) in [6, 6.07) is 6.81. The first-order valence-electron chi connectivity index (χ1n) is 5.44. The van der Waals surface area contributed by atoms with Crippen LogP contribution in [0.15, 0.2) is 24.3 Å². The summed E-state index contributed by atoms with van der Waals surface area (Å²) in [6.45, 7) is 0. The Balaban J connectivity index is 2.16. The van der Waals surface area contributed by atoms with Crippen LogP contribution in [0.5, 0.6) is 0 Å². The van der Waals surface area contributed by atoms with E-state index in [9.17, 15) is 14.7 Å². The summed E-state index contributed by atoms with van der Waals surface area (Å²) in [7, 11) is 1.28. The molecule has 1 fully saturated rings. The van der Waals surface area contributed by atoms with Crippen molar-refractivity contribution in [1.82, 2.24) is 4.90 Å². The van der Waals surface area contributed by atoms with Crippen LogP contribution in [0.3, 0.4) is 0 Å². The summed E-state index contributed by atoms with van der Waals surface area (Å²) in [5.74, 6) is -0.481. The maximum Gasteiger partial charge on any atom is 0.324 e. The standard InChI is InChI=1S/C12H11NO4S/c1-17-11(15)9-12(16)8-5-3-2-4-7(8)10(14)13(12)6-18-9/h2-5,9,16H,6H2,1H3/t9-,12+/m0/s1. The van der Waals surface area contributed by atoms with E-state index in [0.29, 0.717) is 11.1 Å². The highest BCUT2D eigenvalue weighted by molar-refractivity contribution is 8.00. The van der Waals surface area contributed by atoms with E-state index in [2.05, 4.69) is 0 Å². The van der Waals surface area contributed by atoms with Gasteiger partial charge >= 0.3 is 5.97 Å². The van der Waals surface area contributed by atoms with Crippen molar-refractivity contribution in [3.63, 3.8) is 0 Å². The molecule has 2 aliphatic rings. The fourth-order valence-corrected chi connectivity index (χ4v) is 3.81. The Labute approximate surface area is 108 Å². The molecule has 94 valence electrons. The zero-order valence-corrected chi connectivity index (χ0v) is 10.4. The molecule has 0 aliphatic carbocycles. The first-order chi connectivity index (χ1) is 8.60. The van der Waals surface area contributed by atoms with Crippen LogP contribution in [0, 0.1) is 0 Å². The van der Waals surface area contributed by atoms with Crippen LogP contribution in [0.1, 0.15) is 15.9 Å². The van der Waals surface area contributed by atoms with Crippen LogP contribution in [0.25, 0.3) is 0 Å². The van der Waals surface area contributed by atoms with Crippen LogP contribution >= 0.6 is 11.8 Å². The van der Waals surface area contributed by atoms with E-state index in [4.69, 9.17) is 4.74 Å². The maximum absolute atomic E-state index is 12.1. The minimum atomic E-state index is -1.58. The van der Waals surface area contributed by atoms with Gasteiger partial charge in [0.2, 0.25) is 0 Å². The number of thioether (sulfide) groups is 1. The molecule has 0 unspecified atom stereocenters. The molecule has 3 rings (SSSR count). The lowest BCUT2D eigenvalue weighted by Crippen LogP contribution is -2.47. The molecule has 2 atom stereocenters. The highest BCUT2D eigenvalue weighted by Crippen LogP contribution is 2.49. The fraction of sp³-hybridized carbons (Fsp3) is 0.333. The van der Waals surface area contributed by atoms with E-state index in [0.717, 1.165) is 0 Å². The topological polar surface area (TPSA) is 66.8 Å². The molecular formula is C12H11NO4S. The third-order valence-electron chi connectivity index (χ3n) is 3.36. The average Bonchev–Trinajstić information content (AvgIpc) is 2.84. The number of benzene rings is 1. The van der Waals surface area contributed by atoms with Crippen LogP contribution < -0.4 is 0 Å². The predicted octanol–water partition coefficient (Wildman–Crippen LogP) is 0.533. The van der Waals surface area contributed by atoms with Gasteiger partial charge in [-0.1, -0.05) is 18.2 Å². The molecule has 1 saturated heterocycles. The van der Waals surface area contributed by atoms with Crippen molar-refractivity contribution < 1.29 is 19.4 Å². The van der Waals surface area contributed by atoms with Gasteiger partial charge in [0, 0.05) is 11.1 Å². The van der Waals surface area contributed by atoms with Crippen molar-refractivity contribution in [3.8, 4) is 0 Å². The highest BCUT2D eigenvalue weighted by Gasteiger charge is 2.60. The molecule has 1 aromatic carbocycles. The summed E-state index contributed by atoms with van der Waals surface area (Å²) in [4.78, 5) is 25.2. The van der Waals surface area contributed by atoms with Gasteiger partial charge in [-0.2, -0.15) is 0 Å². The Morgan fingerprint density at radius 3 is 3.00 bits per heavy atom. The third-order valence-corrected chi connectivity index (χ3v) is 4.62. The first kappa shape index (κ1) is 11.6. The van der Waals surface area contributed by atoms with E-state index in [1.165, 1.54) is 23.8 Å². The number of rotatable bonds is 1. The molecular weight excluding hydrogens is 254 g/mol. The van der Waals surface area contributed by atoms with Crippen molar-refractivity contribution in [2.75, 3.05) is 13.0 Å². The normalized spacial score (nSPS) is 29.1. The van der Waals surface area contributed by atoms with Crippen LogP contribution in [0.4, 0.5) is 0 Å². The molecule has 1 amide bonds. The lowest BCUT2D eigenvalue weighted by molar-refractivity contribution is -0.150. The Kier molecular flexibility index (Phi) is 2.39. The SMILES string of the molecule is COC(=O)[C@@H]1SCN2C(=O)c3ccccc3[C@@]12O. The monoisotopic (exact) mass is 265 g/mol. The lowest BCUT2D eigenvalue weighted by Gasteiger charge is -2.29. The Hall–Kier alpha value is -1.53. The number of ether oxygens (including phenoxy) is 1. The molecule has 0 radical (unpaired) electrons. The zero-order chi connectivity index (χ0) is 12.9. The molecule has 5 nitrogen and oxygen atoms in total. The molecule has 2 heterocycles. The number of hydrogen-bond acceptors (Lipinski definition) is 5. The zero-order valence-electron chi connectivity index (χ0n) is 9.62. The minimum absolute atomic E-state index is 0.244. The van der Waals surface area contributed by atoms with Gasteiger partial charge in [0.15, 0.2) is 11.0 Å². The van der Waals surface area contributed by atoms with Gasteiger partial charge in [0.05, 0.1) is 13.0 Å². The number of methoxy groups -OCH3 is 1. The molecule has 2 aliphatic heterocycles. The van der Waals surface area contributed by atoms with E-state index >= 15 is 0 Å². The molecule has 0 spiro atoms. The van der Waals surface area contributed by atoms with Crippen molar-refractivity contribution in [1.29, 1.82) is 0 Å². The number of amides is 1. The van der Waals surface area contributed by atoms with Gasteiger partial charge in [-0.15, -0.1) is 11.8 Å². The van der Waals surface area contributed by atoms with Gasteiger partial charge in [0.1, 0.15) is 0 Å². The largest absolute Gasteiger partial charge is 0.468 e. The molecule has 1 aromatic rings. The molecule has 0 saturated carbocycles. The van der Waals surface area contributed by atoms with Crippen molar-refractivity contribution in [3.05, 3.63) is 35.4 Å². The van der Waals surface area contributed by atoms with Crippen molar-refractivity contribution in [2.45, 2.75) is 11.0 Å². The minimum Gasteiger partial charge on any atom is -0.468 e. The van der Waals surface area contributed by atoms with Crippen molar-refractivity contribution in [2.24, 2.45) is 0 Å². The highest BCUT2D eigenvalue weighted by atomic mass is 32.2. The Bertz CT molecular complexity index is 547. The second-order valence-corrected chi connectivity index (χ2v) is 5.27. The summed E-state index contributed by atoms with van der Waals surface area (Å²) >= 11 is 1.21. The van der Waals surface area contributed by atoms with Gasteiger partial charge in [-0.05, 0) is 6.07 Å². The van der Waals surface area contributed by atoms with E-state index in [1.54, 1.807) is 24.3 Å². The van der Waals surface area contributed by atoms with Crippen LogP contribution in [-0.4, -0.2) is 40.1 Å². The summed E-state index contributed by atoms with van der Waals surface area (Å²) in [5.41, 5.74) is -0.643. The number of carbonyl (C=O) groups excluding carboxylic acids is 2. The molecule has 6 heteroatoms. The summed E-state index contributed by atoms with van der Waals surface area (Å²) < 4.78 is 4.70. The van der Waals surface area contributed by atoms with Crippen LogP contribution in [0.2, 0.25) is 0 Å². The van der Waals surface area contributed by atoms with Gasteiger partial charge < -0.3 is 9.84 Å². The number of nitrogens with zero attached hydrogens (tertiary/aromatic N) is 1. The Morgan fingerprint density at radius 2 is 2.28 bits per heavy atom. The number of fused-ring (bicyclic) bond motifs is 3. The summed E-state index contributed by atoms with van der Waals surface area (Å²) in [5, 5.41) is 10.0. The smallest absolute Gasteiger partial charge is 0.324 e. The first-order valence-corrected chi connectivity index (χ1v) is 6.49. The average molecular weight is 265 g/mol. The molecule has 0 aromatic heterocycles. The quantitative estimate of drug-likeness (QED) is 0.750. The molecule has 1 N–H and O–H groups in total. The molecule has 0 bridgehead atoms. The number of aliphatic hydroxyl groups is 1. The molecule has 18 heavy (non-hydrogen) atoms. The Morgan fingerprint density at radius 1 is 1.56 bits per heavy atom. The van der Waals surface area contributed by atoms with E-state index in [1.807, 2.05) is 0 Å². The van der Waals surface area contributed by atoms with Gasteiger partial charge in [0.25, 0.3) is 5.91 Å². The predicted molar refractivity (Wildman–Crippen MR) is 64.8 cm³/mol. The number of hydrogen-bond donors (Lipinski definition) is 1. The van der Waals surface area contributed by atoms with E-state index < -0.39 is 16.9 Å². The van der Waals surface area contributed by atoms with Gasteiger partial charge in [-0.3, -0.25) is 14.5 Å². The second-order valence-electron chi connectivity index (χ2n) is 4.20. The third kappa shape index (κ3) is 1.22. The maximum atomic E-state index is 12.1. The van der Waals surface area contributed by atoms with E-state index in [-0.39, 0.29) is 11.8 Å². The lowest BCUT2D eigenvalue weighted by atomic mass is 9.98. The second kappa shape index (κ2) is 3.73. The fourth-order valence-electron chi connectivity index (χ4n) is 2.48. The number of esters is 1. The number of carbonyl (C=O) groups is 2. The van der Waals surface area contributed by atoms with Crippen molar-refractivity contribution >= 4 is 23.6 Å². The van der Waals surface area contributed by atoms with Gasteiger partial charge in [-0.25, -0.2) is 0 Å². The summed E-state index contributed by atoms with van der Waals surface area (Å²) in [6.07, 6.45) is 0.